The van der Waals surface area contributed by atoms with E-state index in [4.69, 9.17) is 23.9 Å². The number of hydrogen-bond acceptors (Lipinski definition) is 7. The molecule has 0 fully saturated rings. The van der Waals surface area contributed by atoms with Crippen LogP contribution in [-0.2, 0) is 20.9 Å². The van der Waals surface area contributed by atoms with E-state index in [1.165, 1.54) is 0 Å². The molecule has 1 aliphatic carbocycles. The van der Waals surface area contributed by atoms with Crippen molar-refractivity contribution in [3.8, 4) is 17.2 Å². The van der Waals surface area contributed by atoms with Crippen molar-refractivity contribution >= 4 is 17.5 Å². The lowest BCUT2D eigenvalue weighted by Gasteiger charge is -2.37. The molecule has 5 rings (SSSR count). The van der Waals surface area contributed by atoms with Gasteiger partial charge in [0.15, 0.2) is 17.3 Å². The van der Waals surface area contributed by atoms with Crippen LogP contribution in [0, 0.1) is 5.92 Å². The largest absolute Gasteiger partial charge is 0.493 e. The minimum atomic E-state index is -0.740. The van der Waals surface area contributed by atoms with Gasteiger partial charge in [0.1, 0.15) is 18.3 Å². The third-order valence-corrected chi connectivity index (χ3v) is 8.41. The Morgan fingerprint density at radius 3 is 2.37 bits per heavy atom. The molecule has 224 valence electrons. The second-order valence-corrected chi connectivity index (χ2v) is 11.2. The lowest BCUT2D eigenvalue weighted by Crippen LogP contribution is -2.39. The van der Waals surface area contributed by atoms with Crippen LogP contribution in [-0.4, -0.2) is 37.8 Å². The summed E-state index contributed by atoms with van der Waals surface area (Å²) in [4.78, 5) is 32.8. The number of allylic oxidation sites excluding steroid dienone is 2. The Balaban J connectivity index is 1.56. The molecule has 0 N–H and O–H groups in total. The summed E-state index contributed by atoms with van der Waals surface area (Å²) < 4.78 is 23.1. The highest BCUT2D eigenvalue weighted by Crippen LogP contribution is 2.49. The first-order chi connectivity index (χ1) is 20.8. The molecule has 1 unspecified atom stereocenters. The second kappa shape index (κ2) is 13.3. The fourth-order valence-electron chi connectivity index (χ4n) is 6.00. The van der Waals surface area contributed by atoms with Gasteiger partial charge in [-0.05, 0) is 61.9 Å². The Kier molecular flexibility index (Phi) is 9.29. The Labute approximate surface area is 253 Å². The quantitative estimate of drug-likeness (QED) is 0.236. The number of carbonyl (C=O) groups is 2. The first-order valence-electron chi connectivity index (χ1n) is 14.8. The van der Waals surface area contributed by atoms with E-state index in [1.54, 1.807) is 14.2 Å². The highest BCUT2D eigenvalue weighted by Gasteiger charge is 2.46. The second-order valence-electron chi connectivity index (χ2n) is 11.2. The number of ether oxygens (including phenoxy) is 4. The Morgan fingerprint density at radius 2 is 1.65 bits per heavy atom. The highest BCUT2D eigenvalue weighted by atomic mass is 16.5. The number of hydrogen-bond donors (Lipinski definition) is 0. The zero-order valence-corrected chi connectivity index (χ0v) is 25.5. The molecule has 7 nitrogen and oxygen atoms in total. The molecule has 43 heavy (non-hydrogen) atoms. The number of carbonyl (C=O) groups excluding carboxylic acids is 2. The van der Waals surface area contributed by atoms with Crippen molar-refractivity contribution in [1.29, 1.82) is 0 Å². The maximum absolute atomic E-state index is 14.1. The van der Waals surface area contributed by atoms with Gasteiger partial charge in [-0.3, -0.25) is 14.6 Å². The van der Waals surface area contributed by atoms with Crippen LogP contribution in [0.4, 0.5) is 0 Å². The van der Waals surface area contributed by atoms with Gasteiger partial charge in [-0.2, -0.15) is 0 Å². The van der Waals surface area contributed by atoms with Crippen LogP contribution in [0.1, 0.15) is 68.6 Å². The number of aliphatic imine (C=N–C) groups is 1. The molecule has 0 aromatic heterocycles. The number of benzene rings is 3. The number of para-hydroxylation sites is 1. The van der Waals surface area contributed by atoms with Crippen LogP contribution in [0.2, 0.25) is 0 Å². The number of nitrogens with zero attached hydrogens (tertiary/aromatic N) is 1. The van der Waals surface area contributed by atoms with E-state index in [-0.39, 0.29) is 23.8 Å². The molecule has 2 aliphatic rings. The van der Waals surface area contributed by atoms with Crippen molar-refractivity contribution in [2.75, 3.05) is 14.2 Å². The van der Waals surface area contributed by atoms with E-state index in [9.17, 15) is 9.59 Å². The zero-order chi connectivity index (χ0) is 30.5. The molecule has 0 bridgehead atoms. The van der Waals surface area contributed by atoms with E-state index >= 15 is 0 Å². The number of methoxy groups -OCH3 is 2. The average molecular weight is 582 g/mol. The van der Waals surface area contributed by atoms with E-state index in [1.807, 2.05) is 93.6 Å². The fourth-order valence-corrected chi connectivity index (χ4v) is 6.00. The summed E-state index contributed by atoms with van der Waals surface area (Å²) in [5.41, 5.74) is 4.71. The smallest absolute Gasteiger partial charge is 0.315 e. The zero-order valence-electron chi connectivity index (χ0n) is 25.5. The fraction of sp³-hybridized carbons (Fsp3) is 0.361. The standard InChI is InChI=1S/C36H39NO6/c1-6-22(2)43-36(39)33-23(3)37-28-18-26(25-16-17-31(40-4)32(20-25)41-5)19-29(38)35(28)34(33)27-14-10-11-15-30(27)42-21-24-12-8-7-9-13-24/h7-17,20,22,26,33-34H,6,18-19,21H2,1-5H3/t22-,26+,33?,34+/m0/s1. The molecule has 3 aromatic carbocycles. The van der Waals surface area contributed by atoms with Gasteiger partial charge in [-0.25, -0.2) is 0 Å². The molecule has 7 heteroatoms. The molecule has 1 aliphatic heterocycles. The topological polar surface area (TPSA) is 83.4 Å². The van der Waals surface area contributed by atoms with Crippen molar-refractivity contribution < 1.29 is 28.5 Å². The molecule has 1 heterocycles. The van der Waals surface area contributed by atoms with Crippen molar-refractivity contribution in [2.24, 2.45) is 10.9 Å². The third-order valence-electron chi connectivity index (χ3n) is 8.41. The van der Waals surface area contributed by atoms with E-state index in [0.717, 1.165) is 16.7 Å². The molecule has 3 aromatic rings. The minimum absolute atomic E-state index is 0.0264. The van der Waals surface area contributed by atoms with Crippen molar-refractivity contribution in [2.45, 2.75) is 64.6 Å². The maximum Gasteiger partial charge on any atom is 0.315 e. The summed E-state index contributed by atoms with van der Waals surface area (Å²) in [6.07, 6.45) is 1.29. The first kappa shape index (κ1) is 30.1. The van der Waals surface area contributed by atoms with Gasteiger partial charge < -0.3 is 18.9 Å². The summed E-state index contributed by atoms with van der Waals surface area (Å²) in [7, 11) is 3.20. The van der Waals surface area contributed by atoms with Crippen LogP contribution >= 0.6 is 0 Å². The number of esters is 1. The van der Waals surface area contributed by atoms with Gasteiger partial charge in [-0.1, -0.05) is 61.5 Å². The molecule has 0 saturated heterocycles. The van der Waals surface area contributed by atoms with E-state index in [2.05, 4.69) is 0 Å². The minimum Gasteiger partial charge on any atom is -0.493 e. The highest BCUT2D eigenvalue weighted by molar-refractivity contribution is 6.09. The Bertz CT molecular complexity index is 1540. The molecular formula is C36H39NO6. The van der Waals surface area contributed by atoms with E-state index < -0.39 is 11.8 Å². The summed E-state index contributed by atoms with van der Waals surface area (Å²) >= 11 is 0. The molecular weight excluding hydrogens is 542 g/mol. The lowest BCUT2D eigenvalue weighted by atomic mass is 9.69. The van der Waals surface area contributed by atoms with Crippen LogP contribution in [0.3, 0.4) is 0 Å². The summed E-state index contributed by atoms with van der Waals surface area (Å²) in [6, 6.07) is 23.4. The van der Waals surface area contributed by atoms with Crippen LogP contribution in [0.15, 0.2) is 89.1 Å². The molecule has 4 atom stereocenters. The number of Topliss-reactive ketones (excluding diaryl/α,β-unsaturated/α-hetero) is 1. The van der Waals surface area contributed by atoms with Crippen molar-refractivity contribution in [1.82, 2.24) is 0 Å². The number of ketones is 1. The van der Waals surface area contributed by atoms with Crippen molar-refractivity contribution in [3.05, 3.63) is 101 Å². The van der Waals surface area contributed by atoms with Gasteiger partial charge in [0.25, 0.3) is 0 Å². The average Bonchev–Trinajstić information content (AvgIpc) is 3.03. The molecule has 0 spiro atoms. The van der Waals surface area contributed by atoms with Crippen molar-refractivity contribution in [3.63, 3.8) is 0 Å². The number of rotatable bonds is 10. The van der Waals surface area contributed by atoms with Crippen LogP contribution < -0.4 is 14.2 Å². The van der Waals surface area contributed by atoms with Crippen LogP contribution in [0.5, 0.6) is 17.2 Å². The van der Waals surface area contributed by atoms with Gasteiger partial charge in [0.05, 0.1) is 20.3 Å². The first-order valence-corrected chi connectivity index (χ1v) is 14.8. The monoisotopic (exact) mass is 581 g/mol. The third kappa shape index (κ3) is 6.36. The van der Waals surface area contributed by atoms with Gasteiger partial charge >= 0.3 is 5.97 Å². The predicted molar refractivity (Wildman–Crippen MR) is 166 cm³/mol. The Morgan fingerprint density at radius 1 is 0.930 bits per heavy atom. The summed E-state index contributed by atoms with van der Waals surface area (Å²) in [5.74, 6) is 0.0814. The normalized spacial score (nSPS) is 20.5. The summed E-state index contributed by atoms with van der Waals surface area (Å²) in [5, 5.41) is 0. The summed E-state index contributed by atoms with van der Waals surface area (Å²) in [6.45, 7) is 6.07. The SMILES string of the molecule is CC[C@H](C)OC(=O)C1C(C)=NC2=C(C(=O)C[C@H](c3ccc(OC)c(OC)c3)C2)[C@@H]1c1ccccc1OCc1ccccc1. The van der Waals surface area contributed by atoms with E-state index in [0.29, 0.717) is 60.1 Å². The molecule has 0 radical (unpaired) electrons. The predicted octanol–water partition coefficient (Wildman–Crippen LogP) is 7.20. The molecule has 0 amide bonds. The maximum atomic E-state index is 14.1. The molecule has 0 saturated carbocycles. The van der Waals surface area contributed by atoms with Gasteiger partial charge in [0.2, 0.25) is 0 Å². The lowest BCUT2D eigenvalue weighted by molar-refractivity contribution is -0.151. The van der Waals surface area contributed by atoms with Crippen LogP contribution in [0.25, 0.3) is 0 Å². The van der Waals surface area contributed by atoms with Gasteiger partial charge in [-0.15, -0.1) is 0 Å². The Hall–Kier alpha value is -4.39. The van der Waals surface area contributed by atoms with Gasteiger partial charge in [0, 0.05) is 34.9 Å².